The maximum absolute atomic E-state index is 12.2. The van der Waals surface area contributed by atoms with Crippen LogP contribution in [0.3, 0.4) is 0 Å². The van der Waals surface area contributed by atoms with Crippen molar-refractivity contribution in [2.45, 2.75) is 51.5 Å². The fourth-order valence-corrected chi connectivity index (χ4v) is 3.36. The highest BCUT2D eigenvalue weighted by Gasteiger charge is 2.29. The molecule has 0 atom stereocenters. The Balaban J connectivity index is 1.95. The monoisotopic (exact) mass is 323 g/mol. The van der Waals surface area contributed by atoms with Gasteiger partial charge in [-0.3, -0.25) is 9.36 Å². The summed E-state index contributed by atoms with van der Waals surface area (Å²) in [5, 5.41) is 3.29. The van der Waals surface area contributed by atoms with Crippen LogP contribution in [0, 0.1) is 0 Å². The highest BCUT2D eigenvalue weighted by atomic mass is 35.5. The zero-order chi connectivity index (χ0) is 15.2. The molecule has 0 spiro atoms. The molecule has 1 fully saturated rings. The third-order valence-electron chi connectivity index (χ3n) is 3.56. The molecule has 0 bridgehead atoms. The Bertz CT molecular complexity index is 725. The summed E-state index contributed by atoms with van der Waals surface area (Å²) in [6.07, 6.45) is 2.16. The molecule has 2 aromatic heterocycles. The van der Waals surface area contributed by atoms with Crippen molar-refractivity contribution in [2.75, 3.05) is 0 Å². The lowest BCUT2D eigenvalue weighted by Crippen LogP contribution is -2.25. The van der Waals surface area contributed by atoms with Gasteiger partial charge in [0.1, 0.15) is 16.0 Å². The quantitative estimate of drug-likeness (QED) is 0.811. The Labute approximate surface area is 132 Å². The molecular formula is C15H18ClN3OS. The molecule has 1 aliphatic carbocycles. The van der Waals surface area contributed by atoms with E-state index in [2.05, 4.69) is 36.1 Å². The molecule has 4 nitrogen and oxygen atoms in total. The Kier molecular flexibility index (Phi) is 3.66. The standard InChI is InChI=1S/C15H18ClN3OS/c1-15(2,3)10-8-21-12(17-10)7-19-13(20)6-11(16)18-14(19)9-4-5-9/h6,8-9H,4-5,7H2,1-3H3. The summed E-state index contributed by atoms with van der Waals surface area (Å²) in [5.41, 5.74) is 0.993. The van der Waals surface area contributed by atoms with Crippen LogP contribution in [0.1, 0.15) is 56.1 Å². The molecule has 6 heteroatoms. The van der Waals surface area contributed by atoms with E-state index in [9.17, 15) is 4.79 Å². The molecule has 3 rings (SSSR count). The predicted molar refractivity (Wildman–Crippen MR) is 85.4 cm³/mol. The summed E-state index contributed by atoms with van der Waals surface area (Å²) < 4.78 is 1.72. The van der Waals surface area contributed by atoms with Gasteiger partial charge in [-0.1, -0.05) is 32.4 Å². The normalized spacial score (nSPS) is 15.4. The molecule has 0 radical (unpaired) electrons. The van der Waals surface area contributed by atoms with Gasteiger partial charge < -0.3 is 0 Å². The average molecular weight is 324 g/mol. The molecule has 21 heavy (non-hydrogen) atoms. The maximum Gasteiger partial charge on any atom is 0.255 e. The number of aromatic nitrogens is 3. The molecular weight excluding hydrogens is 306 g/mol. The van der Waals surface area contributed by atoms with Gasteiger partial charge in [0.05, 0.1) is 12.2 Å². The average Bonchev–Trinajstić information content (AvgIpc) is 3.10. The van der Waals surface area contributed by atoms with Gasteiger partial charge in [0.15, 0.2) is 0 Å². The smallest absolute Gasteiger partial charge is 0.255 e. The summed E-state index contributed by atoms with van der Waals surface area (Å²) in [7, 11) is 0. The number of thiazole rings is 1. The third-order valence-corrected chi connectivity index (χ3v) is 4.59. The number of rotatable bonds is 3. The highest BCUT2D eigenvalue weighted by Crippen LogP contribution is 2.39. The number of hydrogen-bond acceptors (Lipinski definition) is 4. The Morgan fingerprint density at radius 3 is 2.67 bits per heavy atom. The van der Waals surface area contributed by atoms with E-state index in [0.29, 0.717) is 12.5 Å². The maximum atomic E-state index is 12.2. The van der Waals surface area contributed by atoms with E-state index in [4.69, 9.17) is 11.6 Å². The zero-order valence-corrected chi connectivity index (χ0v) is 14.0. The number of hydrogen-bond donors (Lipinski definition) is 0. The van der Waals surface area contributed by atoms with Crippen molar-refractivity contribution in [3.8, 4) is 0 Å². The predicted octanol–water partition coefficient (Wildman–Crippen LogP) is 3.58. The van der Waals surface area contributed by atoms with E-state index in [1.165, 1.54) is 6.07 Å². The van der Waals surface area contributed by atoms with Crippen molar-refractivity contribution in [2.24, 2.45) is 0 Å². The van der Waals surface area contributed by atoms with Crippen LogP contribution in [0.4, 0.5) is 0 Å². The molecule has 0 aliphatic heterocycles. The minimum absolute atomic E-state index is 0.0251. The number of nitrogens with zero attached hydrogens (tertiary/aromatic N) is 3. The molecule has 0 N–H and O–H groups in total. The van der Waals surface area contributed by atoms with Crippen molar-refractivity contribution < 1.29 is 0 Å². The fraction of sp³-hybridized carbons (Fsp3) is 0.533. The van der Waals surface area contributed by atoms with Crippen molar-refractivity contribution in [3.05, 3.63) is 43.5 Å². The minimum Gasteiger partial charge on any atom is -0.289 e. The minimum atomic E-state index is -0.0931. The van der Waals surface area contributed by atoms with Crippen molar-refractivity contribution in [1.82, 2.24) is 14.5 Å². The molecule has 0 aromatic carbocycles. The van der Waals surface area contributed by atoms with Crippen LogP contribution in [-0.2, 0) is 12.0 Å². The molecule has 2 aromatic rings. The van der Waals surface area contributed by atoms with E-state index in [0.717, 1.165) is 29.4 Å². The molecule has 0 unspecified atom stereocenters. The first-order chi connectivity index (χ1) is 9.84. The van der Waals surface area contributed by atoms with E-state index in [-0.39, 0.29) is 16.1 Å². The molecule has 112 valence electrons. The zero-order valence-electron chi connectivity index (χ0n) is 12.4. The second-order valence-electron chi connectivity index (χ2n) is 6.51. The summed E-state index contributed by atoms with van der Waals surface area (Å²) in [6, 6.07) is 1.38. The summed E-state index contributed by atoms with van der Waals surface area (Å²) >= 11 is 7.52. The lowest BCUT2D eigenvalue weighted by atomic mass is 9.93. The van der Waals surface area contributed by atoms with E-state index < -0.39 is 0 Å². The third kappa shape index (κ3) is 3.19. The van der Waals surface area contributed by atoms with Crippen molar-refractivity contribution in [1.29, 1.82) is 0 Å². The van der Waals surface area contributed by atoms with Crippen molar-refractivity contribution >= 4 is 22.9 Å². The van der Waals surface area contributed by atoms with Crippen LogP contribution in [0.25, 0.3) is 0 Å². The molecule has 0 amide bonds. The van der Waals surface area contributed by atoms with Gasteiger partial charge in [0.25, 0.3) is 5.56 Å². The second-order valence-corrected chi connectivity index (χ2v) is 7.84. The van der Waals surface area contributed by atoms with E-state index >= 15 is 0 Å². The first-order valence-electron chi connectivity index (χ1n) is 7.07. The summed E-state index contributed by atoms with van der Waals surface area (Å²) in [4.78, 5) is 21.2. The molecule has 1 aliphatic rings. The Hall–Kier alpha value is -1.20. The molecule has 0 saturated heterocycles. The van der Waals surface area contributed by atoms with Gasteiger partial charge in [-0.25, -0.2) is 9.97 Å². The Morgan fingerprint density at radius 2 is 2.10 bits per heavy atom. The summed E-state index contributed by atoms with van der Waals surface area (Å²) in [5.74, 6) is 1.18. The van der Waals surface area contributed by atoms with Gasteiger partial charge in [-0.05, 0) is 12.8 Å². The number of halogens is 1. The largest absolute Gasteiger partial charge is 0.289 e. The van der Waals surface area contributed by atoms with Crippen LogP contribution in [0.2, 0.25) is 5.15 Å². The highest BCUT2D eigenvalue weighted by molar-refractivity contribution is 7.09. The molecule has 1 saturated carbocycles. The Morgan fingerprint density at radius 1 is 1.38 bits per heavy atom. The van der Waals surface area contributed by atoms with Gasteiger partial charge in [-0.2, -0.15) is 0 Å². The van der Waals surface area contributed by atoms with Crippen LogP contribution >= 0.6 is 22.9 Å². The van der Waals surface area contributed by atoms with Gasteiger partial charge >= 0.3 is 0 Å². The lowest BCUT2D eigenvalue weighted by molar-refractivity contribution is 0.568. The first kappa shape index (κ1) is 14.7. The van der Waals surface area contributed by atoms with Gasteiger partial charge in [0.2, 0.25) is 0 Å². The first-order valence-corrected chi connectivity index (χ1v) is 8.32. The van der Waals surface area contributed by atoms with Crippen LogP contribution in [-0.4, -0.2) is 14.5 Å². The summed E-state index contributed by atoms with van der Waals surface area (Å²) in [6.45, 7) is 6.89. The van der Waals surface area contributed by atoms with Gasteiger partial charge in [0, 0.05) is 22.8 Å². The molecule has 2 heterocycles. The van der Waals surface area contributed by atoms with Crippen LogP contribution in [0.15, 0.2) is 16.2 Å². The SMILES string of the molecule is CC(C)(C)c1csc(Cn2c(C3CC3)nc(Cl)cc2=O)n1. The fourth-order valence-electron chi connectivity index (χ4n) is 2.17. The second kappa shape index (κ2) is 5.21. The van der Waals surface area contributed by atoms with Crippen molar-refractivity contribution in [3.63, 3.8) is 0 Å². The lowest BCUT2D eigenvalue weighted by Gasteiger charge is -2.14. The van der Waals surface area contributed by atoms with E-state index in [1.54, 1.807) is 15.9 Å². The van der Waals surface area contributed by atoms with Crippen LogP contribution in [0.5, 0.6) is 0 Å². The van der Waals surface area contributed by atoms with Crippen LogP contribution < -0.4 is 5.56 Å². The van der Waals surface area contributed by atoms with Gasteiger partial charge in [-0.15, -0.1) is 11.3 Å². The van der Waals surface area contributed by atoms with E-state index in [1.807, 2.05) is 0 Å². The topological polar surface area (TPSA) is 47.8 Å².